The Bertz CT molecular complexity index is 709. The third-order valence-electron chi connectivity index (χ3n) is 4.43. The quantitative estimate of drug-likeness (QED) is 0.529. The molecule has 3 rings (SSSR count). The summed E-state index contributed by atoms with van der Waals surface area (Å²) in [6, 6.07) is 11.4. The highest BCUT2D eigenvalue weighted by atomic mass is 19.1. The van der Waals surface area contributed by atoms with Crippen LogP contribution in [-0.4, -0.2) is 6.21 Å². The lowest BCUT2D eigenvalue weighted by Crippen LogP contribution is -2.04. The fourth-order valence-corrected chi connectivity index (χ4v) is 3.14. The lowest BCUT2D eigenvalue weighted by molar-refractivity contribution is 0.129. The van der Waals surface area contributed by atoms with Gasteiger partial charge in [-0.05, 0) is 48.6 Å². The van der Waals surface area contributed by atoms with Crippen LogP contribution in [0.5, 0.6) is 0 Å². The summed E-state index contributed by atoms with van der Waals surface area (Å²) in [5, 5.41) is 3.75. The van der Waals surface area contributed by atoms with Crippen molar-refractivity contribution in [3.8, 4) is 0 Å². The first-order valence-electron chi connectivity index (χ1n) is 8.34. The molecule has 0 saturated heterocycles. The molecule has 1 radical (unpaired) electrons. The van der Waals surface area contributed by atoms with E-state index in [9.17, 15) is 8.78 Å². The molecule has 0 atom stereocenters. The molecule has 0 aromatic heterocycles. The van der Waals surface area contributed by atoms with Crippen molar-refractivity contribution in [1.29, 1.82) is 0 Å². The summed E-state index contributed by atoms with van der Waals surface area (Å²) < 4.78 is 26.5. The fraction of sp³-hybridized carbons (Fsp3) is 0.350. The molecule has 4 heteroatoms. The van der Waals surface area contributed by atoms with Crippen molar-refractivity contribution in [2.24, 2.45) is 5.16 Å². The first kappa shape index (κ1) is 16.6. The van der Waals surface area contributed by atoms with E-state index in [2.05, 4.69) is 23.5 Å². The molecule has 2 aromatic rings. The zero-order valence-electron chi connectivity index (χ0n) is 13.5. The number of nitrogens with zero attached hydrogens (tertiary/aromatic N) is 1. The van der Waals surface area contributed by atoms with Crippen LogP contribution in [0.15, 0.2) is 47.6 Å². The number of rotatable bonds is 5. The van der Waals surface area contributed by atoms with Crippen LogP contribution in [0.2, 0.25) is 0 Å². The highest BCUT2D eigenvalue weighted by Gasteiger charge is 2.15. The van der Waals surface area contributed by atoms with Crippen molar-refractivity contribution in [2.75, 3.05) is 0 Å². The maximum atomic E-state index is 13.5. The SMILES string of the molecule is Fc1ccc(F)c(CO/N=[C]\c2cccc(C3CCCCC3)c2)c1. The standard InChI is InChI=1S/C20H20F2NO/c21-19-9-10-20(22)18(12-19)14-24-23-13-15-5-4-8-17(11-15)16-6-2-1-3-7-16/h4-5,8-12,16H,1-3,6-7,14H2. The molecule has 125 valence electrons. The van der Waals surface area contributed by atoms with E-state index >= 15 is 0 Å². The summed E-state index contributed by atoms with van der Waals surface area (Å²) >= 11 is 0. The van der Waals surface area contributed by atoms with Gasteiger partial charge in [0.1, 0.15) is 24.5 Å². The van der Waals surface area contributed by atoms with Gasteiger partial charge in [-0.3, -0.25) is 0 Å². The largest absolute Gasteiger partial charge is 0.390 e. The average molecular weight is 328 g/mol. The topological polar surface area (TPSA) is 21.6 Å². The molecular formula is C20H20F2NO. The lowest BCUT2D eigenvalue weighted by atomic mass is 9.84. The van der Waals surface area contributed by atoms with Crippen molar-refractivity contribution in [3.05, 3.63) is 70.8 Å². The van der Waals surface area contributed by atoms with Gasteiger partial charge in [0.25, 0.3) is 0 Å². The van der Waals surface area contributed by atoms with Gasteiger partial charge in [0.2, 0.25) is 0 Å². The van der Waals surface area contributed by atoms with E-state index in [1.165, 1.54) is 37.7 Å². The maximum Gasteiger partial charge on any atom is 0.145 e. The number of halogens is 2. The molecular weight excluding hydrogens is 308 g/mol. The molecule has 1 aliphatic carbocycles. The van der Waals surface area contributed by atoms with E-state index < -0.39 is 11.6 Å². The molecule has 0 N–H and O–H groups in total. The van der Waals surface area contributed by atoms with Crippen molar-refractivity contribution in [1.82, 2.24) is 0 Å². The number of benzene rings is 2. The number of hydrogen-bond donors (Lipinski definition) is 0. The van der Waals surface area contributed by atoms with Crippen LogP contribution in [0, 0.1) is 11.6 Å². The third kappa shape index (κ3) is 4.40. The zero-order valence-corrected chi connectivity index (χ0v) is 13.5. The van der Waals surface area contributed by atoms with Gasteiger partial charge in [-0.2, -0.15) is 0 Å². The summed E-state index contributed by atoms with van der Waals surface area (Å²) in [5.41, 5.74) is 2.28. The fourth-order valence-electron chi connectivity index (χ4n) is 3.14. The van der Waals surface area contributed by atoms with E-state index in [4.69, 9.17) is 4.84 Å². The summed E-state index contributed by atoms with van der Waals surface area (Å²) in [5.74, 6) is -0.392. The second kappa shape index (κ2) is 8.04. The first-order valence-corrected chi connectivity index (χ1v) is 8.34. The van der Waals surface area contributed by atoms with Crippen LogP contribution in [-0.2, 0) is 11.4 Å². The molecule has 2 nitrogen and oxygen atoms in total. The van der Waals surface area contributed by atoms with Gasteiger partial charge in [-0.15, -0.1) is 0 Å². The Balaban J connectivity index is 1.59. The summed E-state index contributed by atoms with van der Waals surface area (Å²) in [4.78, 5) is 5.05. The maximum absolute atomic E-state index is 13.5. The zero-order chi connectivity index (χ0) is 16.8. The normalized spacial score (nSPS) is 15.8. The van der Waals surface area contributed by atoms with Gasteiger partial charge in [-0.25, -0.2) is 8.78 Å². The molecule has 0 amide bonds. The van der Waals surface area contributed by atoms with Crippen molar-refractivity contribution < 1.29 is 13.6 Å². The van der Waals surface area contributed by atoms with Crippen LogP contribution >= 0.6 is 0 Å². The van der Waals surface area contributed by atoms with Gasteiger partial charge in [0, 0.05) is 11.1 Å². The predicted octanol–water partition coefficient (Wildman–Crippen LogP) is 5.44. The highest BCUT2D eigenvalue weighted by molar-refractivity contribution is 5.79. The Morgan fingerprint density at radius 3 is 2.71 bits per heavy atom. The van der Waals surface area contributed by atoms with Crippen LogP contribution in [0.3, 0.4) is 0 Å². The smallest absolute Gasteiger partial charge is 0.145 e. The molecule has 24 heavy (non-hydrogen) atoms. The van der Waals surface area contributed by atoms with Crippen LogP contribution in [0.25, 0.3) is 0 Å². The predicted molar refractivity (Wildman–Crippen MR) is 90.0 cm³/mol. The van der Waals surface area contributed by atoms with Crippen molar-refractivity contribution in [3.63, 3.8) is 0 Å². The monoisotopic (exact) mass is 328 g/mol. The summed E-state index contributed by atoms with van der Waals surface area (Å²) in [7, 11) is 0. The van der Waals surface area contributed by atoms with E-state index in [0.717, 1.165) is 23.8 Å². The Kier molecular flexibility index (Phi) is 5.57. The first-order chi connectivity index (χ1) is 11.7. The minimum atomic E-state index is -0.508. The van der Waals surface area contributed by atoms with E-state index in [1.807, 2.05) is 12.1 Å². The minimum Gasteiger partial charge on any atom is -0.390 e. The van der Waals surface area contributed by atoms with Crippen molar-refractivity contribution >= 4 is 6.21 Å². The minimum absolute atomic E-state index is 0.126. The molecule has 2 aromatic carbocycles. The third-order valence-corrected chi connectivity index (χ3v) is 4.43. The second-order valence-electron chi connectivity index (χ2n) is 6.17. The van der Waals surface area contributed by atoms with E-state index in [1.54, 1.807) is 0 Å². The van der Waals surface area contributed by atoms with Gasteiger partial charge in [-0.1, -0.05) is 42.6 Å². The molecule has 1 saturated carbocycles. The van der Waals surface area contributed by atoms with Gasteiger partial charge in [0.05, 0.1) is 0 Å². The van der Waals surface area contributed by atoms with Gasteiger partial charge >= 0.3 is 0 Å². The molecule has 0 unspecified atom stereocenters. The van der Waals surface area contributed by atoms with Gasteiger partial charge in [0.15, 0.2) is 0 Å². The lowest BCUT2D eigenvalue weighted by Gasteiger charge is -2.22. The van der Waals surface area contributed by atoms with Crippen molar-refractivity contribution in [2.45, 2.75) is 44.6 Å². The second-order valence-corrected chi connectivity index (χ2v) is 6.17. The molecule has 0 aliphatic heterocycles. The summed E-state index contributed by atoms with van der Waals surface area (Å²) in [6.07, 6.45) is 9.18. The molecule has 0 spiro atoms. The van der Waals surface area contributed by atoms with E-state index in [-0.39, 0.29) is 12.2 Å². The van der Waals surface area contributed by atoms with E-state index in [0.29, 0.717) is 5.92 Å². The molecule has 1 fully saturated rings. The average Bonchev–Trinajstić information content (AvgIpc) is 2.62. The van der Waals surface area contributed by atoms with Crippen LogP contribution < -0.4 is 0 Å². The Labute approximate surface area is 141 Å². The summed E-state index contributed by atoms with van der Waals surface area (Å²) in [6.45, 7) is -0.126. The molecule has 1 aliphatic rings. The Morgan fingerprint density at radius 1 is 1.04 bits per heavy atom. The Hall–Kier alpha value is -2.23. The molecule has 0 bridgehead atoms. The van der Waals surface area contributed by atoms with Gasteiger partial charge < -0.3 is 4.84 Å². The number of hydrogen-bond acceptors (Lipinski definition) is 2. The van der Waals surface area contributed by atoms with Crippen LogP contribution in [0.1, 0.15) is 54.7 Å². The Morgan fingerprint density at radius 2 is 1.88 bits per heavy atom. The van der Waals surface area contributed by atoms with Crippen LogP contribution in [0.4, 0.5) is 8.78 Å². The highest BCUT2D eigenvalue weighted by Crippen LogP contribution is 2.32. The molecule has 0 heterocycles.